The van der Waals surface area contributed by atoms with Gasteiger partial charge in [-0.05, 0) is 12.0 Å². The quantitative estimate of drug-likeness (QED) is 0.503. The van der Waals surface area contributed by atoms with Crippen molar-refractivity contribution < 1.29 is 19.1 Å². The largest absolute Gasteiger partial charge is 0.469 e. The maximum Gasteiger partial charge on any atom is 0.313 e. The van der Waals surface area contributed by atoms with Crippen LogP contribution in [0.15, 0.2) is 30.3 Å². The molecule has 0 aliphatic carbocycles. The van der Waals surface area contributed by atoms with Gasteiger partial charge in [-0.3, -0.25) is 14.4 Å². The van der Waals surface area contributed by atoms with Crippen LogP contribution in [0.5, 0.6) is 0 Å². The highest BCUT2D eigenvalue weighted by atomic mass is 35.5. The van der Waals surface area contributed by atoms with Crippen LogP contribution >= 0.6 is 11.6 Å². The number of piperidine rings is 2. The van der Waals surface area contributed by atoms with Crippen LogP contribution in [-0.4, -0.2) is 40.8 Å². The number of methoxy groups -OCH3 is 1. The SMILES string of the molecule is COC(=O)[C@H]1C[C@@H]2C(=O)N[C@@]1(Cl)C(=O)N2Cc1ccccc1. The molecule has 0 radical (unpaired) electrons. The molecular formula is C15H15ClN2O4. The maximum absolute atomic E-state index is 12.7. The zero-order valence-corrected chi connectivity index (χ0v) is 12.7. The van der Waals surface area contributed by atoms with Crippen LogP contribution in [-0.2, 0) is 25.7 Å². The highest BCUT2D eigenvalue weighted by molar-refractivity contribution is 6.38. The summed E-state index contributed by atoms with van der Waals surface area (Å²) in [7, 11) is 1.24. The molecule has 3 heterocycles. The van der Waals surface area contributed by atoms with Gasteiger partial charge in [0.25, 0.3) is 5.91 Å². The summed E-state index contributed by atoms with van der Waals surface area (Å²) >= 11 is 6.32. The van der Waals surface area contributed by atoms with Crippen molar-refractivity contribution in [1.29, 1.82) is 0 Å². The van der Waals surface area contributed by atoms with Crippen LogP contribution < -0.4 is 5.32 Å². The van der Waals surface area contributed by atoms with Crippen LogP contribution in [0.4, 0.5) is 0 Å². The maximum atomic E-state index is 12.7. The molecule has 116 valence electrons. The van der Waals surface area contributed by atoms with Gasteiger partial charge in [0, 0.05) is 6.54 Å². The van der Waals surface area contributed by atoms with Gasteiger partial charge in [0.2, 0.25) is 10.9 Å². The lowest BCUT2D eigenvalue weighted by Crippen LogP contribution is -2.76. The van der Waals surface area contributed by atoms with Crippen molar-refractivity contribution in [3.63, 3.8) is 0 Å². The zero-order valence-electron chi connectivity index (χ0n) is 11.9. The van der Waals surface area contributed by atoms with E-state index in [2.05, 4.69) is 5.32 Å². The number of alkyl halides is 1. The molecule has 0 aromatic heterocycles. The molecule has 2 bridgehead atoms. The predicted octanol–water partition coefficient (Wildman–Crippen LogP) is 0.642. The topological polar surface area (TPSA) is 75.7 Å². The third-order valence-electron chi connectivity index (χ3n) is 4.18. The molecule has 1 aromatic carbocycles. The van der Waals surface area contributed by atoms with Crippen LogP contribution in [0.2, 0.25) is 0 Å². The Balaban J connectivity index is 1.91. The number of nitrogens with one attached hydrogen (secondary N) is 1. The van der Waals surface area contributed by atoms with E-state index in [9.17, 15) is 14.4 Å². The van der Waals surface area contributed by atoms with E-state index in [1.165, 1.54) is 12.0 Å². The molecule has 3 fully saturated rings. The van der Waals surface area contributed by atoms with E-state index in [1.807, 2.05) is 30.3 Å². The van der Waals surface area contributed by atoms with Crippen molar-refractivity contribution in [2.24, 2.45) is 5.92 Å². The Labute approximate surface area is 132 Å². The molecule has 4 rings (SSSR count). The number of halogens is 1. The van der Waals surface area contributed by atoms with E-state index >= 15 is 0 Å². The third kappa shape index (κ3) is 2.14. The van der Waals surface area contributed by atoms with E-state index in [0.29, 0.717) is 0 Å². The number of fused-ring (bicyclic) bond motifs is 3. The average Bonchev–Trinajstić information content (AvgIpc) is 2.51. The first-order valence-electron chi connectivity index (χ1n) is 6.91. The first kappa shape index (κ1) is 14.8. The van der Waals surface area contributed by atoms with Gasteiger partial charge in [-0.15, -0.1) is 0 Å². The van der Waals surface area contributed by atoms with Crippen LogP contribution in [0.1, 0.15) is 12.0 Å². The highest BCUT2D eigenvalue weighted by Crippen LogP contribution is 2.41. The third-order valence-corrected chi connectivity index (χ3v) is 4.70. The molecule has 3 aliphatic rings. The van der Waals surface area contributed by atoms with Crippen molar-refractivity contribution in [1.82, 2.24) is 10.2 Å². The monoisotopic (exact) mass is 322 g/mol. The number of benzene rings is 1. The van der Waals surface area contributed by atoms with Crippen molar-refractivity contribution in [3.05, 3.63) is 35.9 Å². The molecule has 7 heteroatoms. The Bertz CT molecular complexity index is 636. The number of carbonyl (C=O) groups is 3. The minimum Gasteiger partial charge on any atom is -0.469 e. The number of rotatable bonds is 3. The van der Waals surface area contributed by atoms with Crippen molar-refractivity contribution in [3.8, 4) is 0 Å². The molecule has 0 spiro atoms. The van der Waals surface area contributed by atoms with E-state index in [4.69, 9.17) is 16.3 Å². The predicted molar refractivity (Wildman–Crippen MR) is 77.6 cm³/mol. The smallest absolute Gasteiger partial charge is 0.313 e. The lowest BCUT2D eigenvalue weighted by atomic mass is 9.80. The fourth-order valence-corrected chi connectivity index (χ4v) is 3.41. The average molecular weight is 323 g/mol. The highest BCUT2D eigenvalue weighted by Gasteiger charge is 2.63. The van der Waals surface area contributed by atoms with Gasteiger partial charge in [0.15, 0.2) is 0 Å². The summed E-state index contributed by atoms with van der Waals surface area (Å²) in [6, 6.07) is 8.61. The first-order valence-corrected chi connectivity index (χ1v) is 7.29. The van der Waals surface area contributed by atoms with Crippen molar-refractivity contribution in [2.45, 2.75) is 24.0 Å². The van der Waals surface area contributed by atoms with Crippen LogP contribution in [0.25, 0.3) is 0 Å². The van der Waals surface area contributed by atoms with Gasteiger partial charge < -0.3 is 15.0 Å². The van der Waals surface area contributed by atoms with Gasteiger partial charge in [-0.25, -0.2) is 0 Å². The number of hydrogen-bond acceptors (Lipinski definition) is 4. The van der Waals surface area contributed by atoms with Gasteiger partial charge in [0.1, 0.15) is 12.0 Å². The minimum atomic E-state index is -1.76. The van der Waals surface area contributed by atoms with Crippen LogP contribution in [0.3, 0.4) is 0 Å². The Hall–Kier alpha value is -2.08. The molecule has 3 saturated heterocycles. The second-order valence-corrected chi connectivity index (χ2v) is 6.04. The normalized spacial score (nSPS) is 30.2. The molecule has 22 heavy (non-hydrogen) atoms. The Morgan fingerprint density at radius 3 is 2.73 bits per heavy atom. The summed E-state index contributed by atoms with van der Waals surface area (Å²) in [4.78, 5) is 36.3. The number of ether oxygens (including phenoxy) is 1. The molecule has 0 saturated carbocycles. The lowest BCUT2D eigenvalue weighted by Gasteiger charge is -2.51. The molecular weight excluding hydrogens is 308 g/mol. The molecule has 3 aliphatic heterocycles. The molecule has 6 nitrogen and oxygen atoms in total. The number of carbonyl (C=O) groups excluding carboxylic acids is 3. The number of amides is 2. The number of piperazine rings is 1. The van der Waals surface area contributed by atoms with E-state index < -0.39 is 28.8 Å². The number of esters is 1. The molecule has 0 unspecified atom stereocenters. The summed E-state index contributed by atoms with van der Waals surface area (Å²) in [5.74, 6) is -2.27. The van der Waals surface area contributed by atoms with Gasteiger partial charge in [-0.2, -0.15) is 0 Å². The van der Waals surface area contributed by atoms with E-state index in [0.717, 1.165) is 5.56 Å². The fraction of sp³-hybridized carbons (Fsp3) is 0.400. The first-order chi connectivity index (χ1) is 10.5. The summed E-state index contributed by atoms with van der Waals surface area (Å²) in [5.41, 5.74) is 0.895. The standard InChI is InChI=1S/C15H15ClN2O4/c1-22-13(20)10-7-11-12(19)17-15(10,16)14(21)18(11)8-9-5-3-2-4-6-9/h2-6,10-11H,7-8H2,1H3,(H,17,19)/t10-,11-,15-/m1/s1. The number of nitrogens with zero attached hydrogens (tertiary/aromatic N) is 1. The second kappa shape index (κ2) is 5.28. The van der Waals surface area contributed by atoms with Crippen molar-refractivity contribution in [2.75, 3.05) is 7.11 Å². The van der Waals surface area contributed by atoms with E-state index in [-0.39, 0.29) is 18.9 Å². The fourth-order valence-electron chi connectivity index (χ4n) is 3.03. The molecule has 1 aromatic rings. The Kier molecular flexibility index (Phi) is 3.56. The summed E-state index contributed by atoms with van der Waals surface area (Å²) in [6.45, 7) is 0.278. The summed E-state index contributed by atoms with van der Waals surface area (Å²) in [6.07, 6.45) is 0.167. The lowest BCUT2D eigenvalue weighted by molar-refractivity contribution is -0.170. The Morgan fingerprint density at radius 1 is 1.41 bits per heavy atom. The summed E-state index contributed by atoms with van der Waals surface area (Å²) < 4.78 is 4.70. The second-order valence-electron chi connectivity index (χ2n) is 5.45. The molecule has 1 N–H and O–H groups in total. The van der Waals surface area contributed by atoms with Crippen LogP contribution in [0, 0.1) is 5.92 Å². The van der Waals surface area contributed by atoms with Gasteiger partial charge in [-0.1, -0.05) is 41.9 Å². The van der Waals surface area contributed by atoms with Gasteiger partial charge >= 0.3 is 5.97 Å². The minimum absolute atomic E-state index is 0.167. The zero-order chi connectivity index (χ0) is 15.9. The summed E-state index contributed by atoms with van der Waals surface area (Å²) in [5, 5.41) is 2.46. The van der Waals surface area contributed by atoms with Gasteiger partial charge in [0.05, 0.1) is 7.11 Å². The molecule has 3 atom stereocenters. The van der Waals surface area contributed by atoms with E-state index in [1.54, 1.807) is 0 Å². The Morgan fingerprint density at radius 2 is 2.09 bits per heavy atom. The number of hydrogen-bond donors (Lipinski definition) is 1. The molecule has 2 amide bonds. The van der Waals surface area contributed by atoms with Crippen molar-refractivity contribution >= 4 is 29.4 Å².